The summed E-state index contributed by atoms with van der Waals surface area (Å²) in [6.07, 6.45) is -0.239. The highest BCUT2D eigenvalue weighted by Crippen LogP contribution is 2.28. The molecule has 0 spiro atoms. The Morgan fingerprint density at radius 2 is 1.69 bits per heavy atom. The quantitative estimate of drug-likeness (QED) is 0.209. The van der Waals surface area contributed by atoms with Gasteiger partial charge in [-0.15, -0.1) is 22.7 Å². The summed E-state index contributed by atoms with van der Waals surface area (Å²) >= 11 is 2.79. The maximum absolute atomic E-state index is 14.0. The Kier molecular flexibility index (Phi) is 13.1. The van der Waals surface area contributed by atoms with Crippen LogP contribution in [0.5, 0.6) is 0 Å². The summed E-state index contributed by atoms with van der Waals surface area (Å²) in [4.78, 5) is 88.5. The first-order valence-corrected chi connectivity index (χ1v) is 19.2. The Hall–Kier alpha value is -4.67. The molecule has 3 aromatic rings. The highest BCUT2D eigenvalue weighted by molar-refractivity contribution is 7.20. The van der Waals surface area contributed by atoms with Crippen molar-refractivity contribution >= 4 is 58.1 Å². The van der Waals surface area contributed by atoms with Gasteiger partial charge in [0.15, 0.2) is 0 Å². The number of carbonyl (C=O) groups is 6. The van der Waals surface area contributed by atoms with Crippen LogP contribution in [0.15, 0.2) is 53.2 Å². The van der Waals surface area contributed by atoms with Crippen LogP contribution in [0.3, 0.4) is 0 Å². The molecule has 0 bridgehead atoms. The van der Waals surface area contributed by atoms with Crippen molar-refractivity contribution in [2.24, 2.45) is 5.92 Å². The molecule has 2 aliphatic heterocycles. The third kappa shape index (κ3) is 10.0. The molecule has 2 aromatic heterocycles. The van der Waals surface area contributed by atoms with Gasteiger partial charge in [0.1, 0.15) is 40.9 Å². The molecule has 6 amide bonds. The summed E-state index contributed by atoms with van der Waals surface area (Å²) in [6, 6.07) is 7.52. The van der Waals surface area contributed by atoms with Crippen LogP contribution in [-0.4, -0.2) is 99.8 Å². The number of rotatable bonds is 7. The van der Waals surface area contributed by atoms with E-state index in [-0.39, 0.29) is 56.8 Å². The smallest absolute Gasteiger partial charge is 0.271 e. The fourth-order valence-electron chi connectivity index (χ4n) is 6.27. The minimum Gasteiger partial charge on any atom is -0.391 e. The lowest BCUT2D eigenvalue weighted by atomic mass is 10.00. The molecule has 14 nitrogen and oxygen atoms in total. The lowest BCUT2D eigenvalue weighted by Crippen LogP contribution is -2.59. The molecule has 1 aromatic carbocycles. The van der Waals surface area contributed by atoms with Gasteiger partial charge in [0.2, 0.25) is 29.5 Å². The molecule has 6 atom stereocenters. The number of thiophene rings is 1. The van der Waals surface area contributed by atoms with Crippen LogP contribution in [0.2, 0.25) is 0 Å². The zero-order valence-corrected chi connectivity index (χ0v) is 30.9. The number of nitrogens with one attached hydrogen (secondary N) is 5. The number of aliphatic hydroxyl groups is 1. The van der Waals surface area contributed by atoms with Gasteiger partial charge in [0.25, 0.3) is 5.91 Å². The molecule has 278 valence electrons. The zero-order chi connectivity index (χ0) is 37.4. The predicted molar refractivity (Wildman–Crippen MR) is 196 cm³/mol. The van der Waals surface area contributed by atoms with Crippen molar-refractivity contribution in [2.75, 3.05) is 13.1 Å². The highest BCUT2D eigenvalue weighted by Gasteiger charge is 2.41. The van der Waals surface area contributed by atoms with Gasteiger partial charge in [-0.25, -0.2) is 4.98 Å². The van der Waals surface area contributed by atoms with Crippen molar-refractivity contribution in [1.82, 2.24) is 36.5 Å². The van der Waals surface area contributed by atoms with Crippen molar-refractivity contribution < 1.29 is 33.9 Å². The first-order chi connectivity index (χ1) is 24.9. The van der Waals surface area contributed by atoms with Crippen LogP contribution in [0.25, 0.3) is 9.88 Å². The van der Waals surface area contributed by atoms with Crippen molar-refractivity contribution in [3.63, 3.8) is 0 Å². The second kappa shape index (κ2) is 17.7. The van der Waals surface area contributed by atoms with Gasteiger partial charge in [-0.1, -0.05) is 50.2 Å². The number of nitrogens with zero attached hydrogens (tertiary/aromatic N) is 2. The monoisotopic (exact) mass is 751 g/mol. The normalized spacial score (nSPS) is 25.3. The number of aliphatic hydroxyl groups excluding tert-OH is 1. The maximum Gasteiger partial charge on any atom is 0.271 e. The molecule has 52 heavy (non-hydrogen) atoms. The Morgan fingerprint density at radius 1 is 0.962 bits per heavy atom. The van der Waals surface area contributed by atoms with Crippen LogP contribution in [0, 0.1) is 5.92 Å². The number of hydrogen-bond acceptors (Lipinski definition) is 10. The van der Waals surface area contributed by atoms with E-state index < -0.39 is 71.8 Å². The van der Waals surface area contributed by atoms with Crippen molar-refractivity contribution in [3.05, 3.63) is 64.5 Å². The molecule has 2 saturated heterocycles. The average molecular weight is 752 g/mol. The van der Waals surface area contributed by atoms with E-state index in [1.807, 2.05) is 61.7 Å². The van der Waals surface area contributed by atoms with E-state index in [0.717, 1.165) is 10.4 Å². The lowest BCUT2D eigenvalue weighted by Gasteiger charge is -2.29. The minimum absolute atomic E-state index is 0.0231. The Labute approximate surface area is 310 Å². The number of hydrogen-bond donors (Lipinski definition) is 6. The second-order valence-corrected chi connectivity index (χ2v) is 15.3. The van der Waals surface area contributed by atoms with Gasteiger partial charge < -0.3 is 36.6 Å². The number of aromatic nitrogens is 1. The van der Waals surface area contributed by atoms with Crippen LogP contribution in [0.1, 0.15) is 62.5 Å². The van der Waals surface area contributed by atoms with E-state index in [1.54, 1.807) is 5.38 Å². The topological polar surface area (TPSA) is 199 Å². The minimum atomic E-state index is -1.13. The van der Waals surface area contributed by atoms with Gasteiger partial charge >= 0.3 is 0 Å². The Balaban J connectivity index is 1.43. The van der Waals surface area contributed by atoms with Gasteiger partial charge in [-0.05, 0) is 49.1 Å². The molecular weight excluding hydrogens is 707 g/mol. The molecule has 6 N–H and O–H groups in total. The SMILES string of the molecule is CC(C)C[C@@H]1NC(=O)[C@@H](Cc2ccccc2)NC(=O)[C@@H](NC(=O)c2csc(-c3cccs3)n2)CCCNC(=O)[C@@H]2C[C@@H](O)CN2C(=O)[C@H](C)NC1=O. The molecule has 16 heteroatoms. The first kappa shape index (κ1) is 38.6. The predicted octanol–water partition coefficient (Wildman–Crippen LogP) is 1.60. The zero-order valence-electron chi connectivity index (χ0n) is 29.3. The Morgan fingerprint density at radius 3 is 2.40 bits per heavy atom. The second-order valence-electron chi connectivity index (χ2n) is 13.5. The molecule has 2 fully saturated rings. The number of amides is 6. The van der Waals surface area contributed by atoms with Gasteiger partial charge in [0.05, 0.1) is 11.0 Å². The molecule has 0 unspecified atom stereocenters. The van der Waals surface area contributed by atoms with E-state index in [2.05, 4.69) is 31.6 Å². The fourth-order valence-corrected chi connectivity index (χ4v) is 7.88. The van der Waals surface area contributed by atoms with Gasteiger partial charge in [-0.2, -0.15) is 0 Å². The van der Waals surface area contributed by atoms with E-state index in [1.165, 1.54) is 34.5 Å². The molecule has 4 heterocycles. The molecule has 5 rings (SSSR count). The Bertz CT molecular complexity index is 1730. The van der Waals surface area contributed by atoms with Gasteiger partial charge in [-0.3, -0.25) is 28.8 Å². The molecule has 0 radical (unpaired) electrons. The van der Waals surface area contributed by atoms with E-state index in [4.69, 9.17) is 0 Å². The summed E-state index contributed by atoms with van der Waals surface area (Å²) < 4.78 is 0. The first-order valence-electron chi connectivity index (χ1n) is 17.4. The third-order valence-electron chi connectivity index (χ3n) is 8.91. The fraction of sp³-hybridized carbons (Fsp3) is 0.472. The maximum atomic E-state index is 14.0. The average Bonchev–Trinajstić information content (AvgIpc) is 3.90. The van der Waals surface area contributed by atoms with E-state index in [0.29, 0.717) is 5.01 Å². The van der Waals surface area contributed by atoms with Crippen molar-refractivity contribution in [1.29, 1.82) is 0 Å². The summed E-state index contributed by atoms with van der Waals surface area (Å²) in [5, 5.41) is 28.4. The van der Waals surface area contributed by atoms with E-state index in [9.17, 15) is 33.9 Å². The molecule has 2 aliphatic rings. The number of benzene rings is 1. The number of fused-ring (bicyclic) bond motifs is 1. The molecular formula is C36H45N7O7S2. The highest BCUT2D eigenvalue weighted by atomic mass is 32.1. The lowest BCUT2D eigenvalue weighted by molar-refractivity contribution is -0.141. The van der Waals surface area contributed by atoms with Crippen LogP contribution in [0.4, 0.5) is 0 Å². The van der Waals surface area contributed by atoms with Crippen molar-refractivity contribution in [3.8, 4) is 9.88 Å². The van der Waals surface area contributed by atoms with Gasteiger partial charge in [0, 0.05) is 31.3 Å². The molecule has 0 aliphatic carbocycles. The van der Waals surface area contributed by atoms with Crippen molar-refractivity contribution in [2.45, 2.75) is 89.2 Å². The summed E-state index contributed by atoms with van der Waals surface area (Å²) in [7, 11) is 0. The third-order valence-corrected chi connectivity index (χ3v) is 10.8. The number of carbonyl (C=O) groups excluding carboxylic acids is 6. The standard InChI is InChI=1S/C36H45N7O7S2/c1-20(2)15-25-31(46)38-21(3)36(50)43-18-23(44)17-28(43)34(49)37-13-7-11-24(39-33(48)27-19-52-35(42-27)29-12-8-14-51-29)30(45)41-26(32(47)40-25)16-22-9-5-4-6-10-22/h4-6,8-10,12,14,19-21,23-26,28,44H,7,11,13,15-18H2,1-3H3,(H,37,49)(H,38,46)(H,39,48)(H,40,47)(H,41,45)/t21-,23+,24-,25-,26+,28-/m0/s1. The van der Waals surface area contributed by atoms with E-state index >= 15 is 0 Å². The van der Waals surface area contributed by atoms with Crippen LogP contribution in [-0.2, 0) is 30.4 Å². The molecule has 0 saturated carbocycles. The largest absolute Gasteiger partial charge is 0.391 e. The number of thiazole rings is 1. The summed E-state index contributed by atoms with van der Waals surface area (Å²) in [5.74, 6) is -3.48. The summed E-state index contributed by atoms with van der Waals surface area (Å²) in [6.45, 7) is 5.29. The summed E-state index contributed by atoms with van der Waals surface area (Å²) in [5.41, 5.74) is 0.886. The van der Waals surface area contributed by atoms with Crippen LogP contribution >= 0.6 is 22.7 Å². The van der Waals surface area contributed by atoms with Crippen LogP contribution < -0.4 is 26.6 Å².